The molecule has 76 valence electrons. The molecule has 0 aliphatic carbocycles. The first-order chi connectivity index (χ1) is 6.65. The Bertz CT molecular complexity index is 334. The second-order valence-electron chi connectivity index (χ2n) is 3.19. The van der Waals surface area contributed by atoms with Crippen LogP contribution in [0.3, 0.4) is 0 Å². The molecule has 1 aromatic rings. The van der Waals surface area contributed by atoms with Crippen LogP contribution in [0.1, 0.15) is 36.5 Å². The third-order valence-electron chi connectivity index (χ3n) is 2.02. The second-order valence-corrected chi connectivity index (χ2v) is 3.19. The van der Waals surface area contributed by atoms with Gasteiger partial charge in [0.15, 0.2) is 5.78 Å². The number of aromatic hydroxyl groups is 1. The van der Waals surface area contributed by atoms with Crippen molar-refractivity contribution in [1.82, 2.24) is 0 Å². The summed E-state index contributed by atoms with van der Waals surface area (Å²) in [5, 5.41) is 9.32. The SMILES string of the molecule is CCCCC(=O)c1cc(F)ccc1O. The van der Waals surface area contributed by atoms with Crippen molar-refractivity contribution in [2.75, 3.05) is 0 Å². The standard InChI is InChI=1S/C11H13FO2/c1-2-3-4-10(13)9-7-8(12)5-6-11(9)14/h5-7,14H,2-4H2,1H3. The van der Waals surface area contributed by atoms with Gasteiger partial charge in [0.05, 0.1) is 5.56 Å². The lowest BCUT2D eigenvalue weighted by molar-refractivity contribution is 0.0976. The molecule has 1 N–H and O–H groups in total. The summed E-state index contributed by atoms with van der Waals surface area (Å²) >= 11 is 0. The maximum atomic E-state index is 12.8. The van der Waals surface area contributed by atoms with Crippen molar-refractivity contribution >= 4 is 5.78 Å². The van der Waals surface area contributed by atoms with Crippen molar-refractivity contribution in [3.8, 4) is 5.75 Å². The molecule has 1 rings (SSSR count). The molecule has 0 radical (unpaired) electrons. The Kier molecular flexibility index (Phi) is 3.63. The van der Waals surface area contributed by atoms with Crippen LogP contribution in [0.5, 0.6) is 5.75 Å². The minimum atomic E-state index is -0.498. The summed E-state index contributed by atoms with van der Waals surface area (Å²) < 4.78 is 12.8. The van der Waals surface area contributed by atoms with Gasteiger partial charge in [0.25, 0.3) is 0 Å². The van der Waals surface area contributed by atoms with Crippen LogP contribution >= 0.6 is 0 Å². The molecule has 0 heterocycles. The van der Waals surface area contributed by atoms with E-state index in [4.69, 9.17) is 0 Å². The highest BCUT2D eigenvalue weighted by atomic mass is 19.1. The number of benzene rings is 1. The molecule has 0 saturated carbocycles. The number of phenols is 1. The molecular formula is C11H13FO2. The van der Waals surface area contributed by atoms with Gasteiger partial charge in [-0.05, 0) is 24.6 Å². The molecule has 0 fully saturated rings. The summed E-state index contributed by atoms with van der Waals surface area (Å²) in [4.78, 5) is 11.4. The molecular weight excluding hydrogens is 183 g/mol. The van der Waals surface area contributed by atoms with Crippen LogP contribution in [0.4, 0.5) is 4.39 Å². The van der Waals surface area contributed by atoms with Crippen molar-refractivity contribution in [3.05, 3.63) is 29.6 Å². The number of unbranched alkanes of at least 4 members (excludes halogenated alkanes) is 1. The van der Waals surface area contributed by atoms with E-state index < -0.39 is 5.82 Å². The van der Waals surface area contributed by atoms with Crippen molar-refractivity contribution in [2.45, 2.75) is 26.2 Å². The van der Waals surface area contributed by atoms with Gasteiger partial charge < -0.3 is 5.11 Å². The summed E-state index contributed by atoms with van der Waals surface area (Å²) in [5.74, 6) is -0.848. The zero-order valence-corrected chi connectivity index (χ0v) is 8.09. The number of hydrogen-bond donors (Lipinski definition) is 1. The highest BCUT2D eigenvalue weighted by Crippen LogP contribution is 2.20. The first-order valence-electron chi connectivity index (χ1n) is 4.67. The Balaban J connectivity index is 2.83. The predicted molar refractivity (Wildman–Crippen MR) is 51.9 cm³/mol. The Morgan fingerprint density at radius 3 is 2.86 bits per heavy atom. The lowest BCUT2D eigenvalue weighted by atomic mass is 10.0. The Hall–Kier alpha value is -1.38. The van der Waals surface area contributed by atoms with Gasteiger partial charge in [0.2, 0.25) is 0 Å². The van der Waals surface area contributed by atoms with E-state index in [2.05, 4.69) is 0 Å². The number of halogens is 1. The maximum absolute atomic E-state index is 12.8. The monoisotopic (exact) mass is 196 g/mol. The van der Waals surface area contributed by atoms with E-state index >= 15 is 0 Å². The molecule has 0 amide bonds. The Morgan fingerprint density at radius 2 is 2.21 bits per heavy atom. The lowest BCUT2D eigenvalue weighted by Gasteiger charge is -2.02. The molecule has 0 unspecified atom stereocenters. The lowest BCUT2D eigenvalue weighted by Crippen LogP contribution is -1.99. The van der Waals surface area contributed by atoms with Crippen molar-refractivity contribution < 1.29 is 14.3 Å². The molecule has 14 heavy (non-hydrogen) atoms. The van der Waals surface area contributed by atoms with E-state index in [0.717, 1.165) is 25.0 Å². The summed E-state index contributed by atoms with van der Waals surface area (Å²) in [7, 11) is 0. The molecule has 2 nitrogen and oxygen atoms in total. The number of rotatable bonds is 4. The first-order valence-corrected chi connectivity index (χ1v) is 4.67. The average Bonchev–Trinajstić information content (AvgIpc) is 2.18. The molecule has 1 aromatic carbocycles. The van der Waals surface area contributed by atoms with Crippen molar-refractivity contribution in [1.29, 1.82) is 0 Å². The Morgan fingerprint density at radius 1 is 1.50 bits per heavy atom. The Labute approximate surface area is 82.4 Å². The number of Topliss-reactive ketones (excluding diaryl/α,β-unsaturated/α-hetero) is 1. The zero-order chi connectivity index (χ0) is 10.6. The topological polar surface area (TPSA) is 37.3 Å². The summed E-state index contributed by atoms with van der Waals surface area (Å²) in [5.41, 5.74) is 0.0819. The normalized spacial score (nSPS) is 10.1. The van der Waals surface area contributed by atoms with Crippen LogP contribution in [0.25, 0.3) is 0 Å². The van der Waals surface area contributed by atoms with E-state index in [0.29, 0.717) is 6.42 Å². The third kappa shape index (κ3) is 2.55. The van der Waals surface area contributed by atoms with E-state index in [1.54, 1.807) is 0 Å². The minimum absolute atomic E-state index is 0.0819. The zero-order valence-electron chi connectivity index (χ0n) is 8.09. The van der Waals surface area contributed by atoms with Crippen LogP contribution < -0.4 is 0 Å². The van der Waals surface area contributed by atoms with Crippen molar-refractivity contribution in [3.63, 3.8) is 0 Å². The van der Waals surface area contributed by atoms with Gasteiger partial charge >= 0.3 is 0 Å². The van der Waals surface area contributed by atoms with E-state index in [9.17, 15) is 14.3 Å². The number of hydrogen-bond acceptors (Lipinski definition) is 2. The van der Waals surface area contributed by atoms with Gasteiger partial charge in [-0.15, -0.1) is 0 Å². The molecule has 3 heteroatoms. The second kappa shape index (κ2) is 4.74. The van der Waals surface area contributed by atoms with E-state index in [-0.39, 0.29) is 17.1 Å². The molecule has 0 aliphatic rings. The fourth-order valence-electron chi connectivity index (χ4n) is 1.20. The van der Waals surface area contributed by atoms with Crippen LogP contribution in [-0.4, -0.2) is 10.9 Å². The van der Waals surface area contributed by atoms with Crippen LogP contribution in [0, 0.1) is 5.82 Å². The molecule has 0 atom stereocenters. The maximum Gasteiger partial charge on any atom is 0.166 e. The van der Waals surface area contributed by atoms with Gasteiger partial charge in [0.1, 0.15) is 11.6 Å². The average molecular weight is 196 g/mol. The quantitative estimate of drug-likeness (QED) is 0.752. The van der Waals surface area contributed by atoms with Gasteiger partial charge in [-0.25, -0.2) is 4.39 Å². The minimum Gasteiger partial charge on any atom is -0.507 e. The largest absolute Gasteiger partial charge is 0.507 e. The predicted octanol–water partition coefficient (Wildman–Crippen LogP) is 2.90. The molecule has 0 aliphatic heterocycles. The van der Waals surface area contributed by atoms with Crippen LogP contribution in [0.2, 0.25) is 0 Å². The van der Waals surface area contributed by atoms with Crippen molar-refractivity contribution in [2.24, 2.45) is 0 Å². The number of phenolic OH excluding ortho intramolecular Hbond substituents is 1. The molecule has 0 aromatic heterocycles. The van der Waals surface area contributed by atoms with E-state index in [1.165, 1.54) is 6.07 Å². The summed E-state index contributed by atoms with van der Waals surface area (Å²) in [6.45, 7) is 1.97. The smallest absolute Gasteiger partial charge is 0.166 e. The van der Waals surface area contributed by atoms with Gasteiger partial charge in [-0.2, -0.15) is 0 Å². The summed E-state index contributed by atoms with van der Waals surface area (Å²) in [6.07, 6.45) is 2.02. The van der Waals surface area contributed by atoms with Crippen LogP contribution in [0.15, 0.2) is 18.2 Å². The molecule has 0 bridgehead atoms. The molecule has 0 saturated heterocycles. The first kappa shape index (κ1) is 10.7. The fourth-order valence-corrected chi connectivity index (χ4v) is 1.20. The van der Waals surface area contributed by atoms with E-state index in [1.807, 2.05) is 6.92 Å². The number of ketones is 1. The summed E-state index contributed by atoms with van der Waals surface area (Å²) in [6, 6.07) is 3.41. The fraction of sp³-hybridized carbons (Fsp3) is 0.364. The molecule has 0 spiro atoms. The van der Waals surface area contributed by atoms with Crippen LogP contribution in [-0.2, 0) is 0 Å². The number of carbonyl (C=O) groups excluding carboxylic acids is 1. The highest BCUT2D eigenvalue weighted by molar-refractivity contribution is 5.98. The van der Waals surface area contributed by atoms with Gasteiger partial charge in [-0.1, -0.05) is 13.3 Å². The highest BCUT2D eigenvalue weighted by Gasteiger charge is 2.11. The van der Waals surface area contributed by atoms with Gasteiger partial charge in [0, 0.05) is 6.42 Å². The van der Waals surface area contributed by atoms with Gasteiger partial charge in [-0.3, -0.25) is 4.79 Å². The number of carbonyl (C=O) groups is 1. The third-order valence-corrected chi connectivity index (χ3v) is 2.02.